The van der Waals surface area contributed by atoms with Gasteiger partial charge < -0.3 is 0 Å². The molecule has 0 aliphatic rings. The number of aryl methyl sites for hydroxylation is 2. The number of hydrogen-bond donors (Lipinski definition) is 0. The van der Waals surface area contributed by atoms with Crippen LogP contribution in [0.3, 0.4) is 0 Å². The van der Waals surface area contributed by atoms with E-state index in [1.54, 1.807) is 17.8 Å². The average molecular weight is 320 g/mol. The highest BCUT2D eigenvalue weighted by Crippen LogP contribution is 2.35. The van der Waals surface area contributed by atoms with Gasteiger partial charge in [0.2, 0.25) is 0 Å². The summed E-state index contributed by atoms with van der Waals surface area (Å²) in [6, 6.07) is 3.97. The Bertz CT molecular complexity index is 1010. The third kappa shape index (κ3) is 2.11. The molecular weight excluding hydrogens is 296 g/mol. The molecule has 0 radical (unpaired) electrons. The van der Waals surface area contributed by atoms with E-state index in [0.29, 0.717) is 0 Å². The summed E-state index contributed by atoms with van der Waals surface area (Å²) in [7, 11) is 1.80. The second-order valence-electron chi connectivity index (χ2n) is 6.74. The van der Waals surface area contributed by atoms with Crippen LogP contribution >= 0.6 is 0 Å². The lowest BCUT2D eigenvalue weighted by molar-refractivity contribution is 0.886. The van der Waals surface area contributed by atoms with Gasteiger partial charge in [0, 0.05) is 18.6 Å². The molecule has 124 valence electrons. The number of nitrogens with zero attached hydrogens (tertiary/aromatic N) is 2. The van der Waals surface area contributed by atoms with Crippen molar-refractivity contribution < 1.29 is 0 Å². The Morgan fingerprint density at radius 3 is 1.92 bits per heavy atom. The Morgan fingerprint density at radius 2 is 1.33 bits per heavy atom. The Morgan fingerprint density at radius 1 is 0.792 bits per heavy atom. The molecule has 0 unspecified atom stereocenters. The molecule has 3 rings (SSSR count). The lowest BCUT2D eigenvalue weighted by Crippen LogP contribution is -2.22. The molecule has 1 aromatic carbocycles. The van der Waals surface area contributed by atoms with E-state index in [0.717, 1.165) is 27.7 Å². The standard InChI is InChI=1S/C21H24N2O/c1-11-12(2)14(4)18(15(5)13(11)3)19-16(6)17-9-8-10-22-20(17)23(7)21(19)24/h8-10H,1-7H3. The number of rotatable bonds is 1. The van der Waals surface area contributed by atoms with Crippen LogP contribution in [0.15, 0.2) is 23.1 Å². The lowest BCUT2D eigenvalue weighted by Gasteiger charge is -2.21. The molecule has 2 aromatic heterocycles. The molecule has 0 spiro atoms. The number of pyridine rings is 2. The molecule has 0 saturated carbocycles. The van der Waals surface area contributed by atoms with Crippen LogP contribution < -0.4 is 5.56 Å². The first-order valence-corrected chi connectivity index (χ1v) is 8.29. The SMILES string of the molecule is Cc1c(C)c(C)c(-c2c(C)c3cccnc3n(C)c2=O)c(C)c1C. The van der Waals surface area contributed by atoms with E-state index in [4.69, 9.17) is 0 Å². The number of hydrogen-bond acceptors (Lipinski definition) is 2. The molecule has 0 saturated heterocycles. The first-order valence-electron chi connectivity index (χ1n) is 8.29. The van der Waals surface area contributed by atoms with Crippen molar-refractivity contribution in [3.8, 4) is 11.1 Å². The lowest BCUT2D eigenvalue weighted by atomic mass is 9.85. The van der Waals surface area contributed by atoms with Crippen molar-refractivity contribution in [2.45, 2.75) is 41.5 Å². The molecule has 3 heteroatoms. The van der Waals surface area contributed by atoms with Gasteiger partial charge in [0.05, 0.1) is 5.56 Å². The van der Waals surface area contributed by atoms with Gasteiger partial charge in [-0.1, -0.05) is 0 Å². The maximum Gasteiger partial charge on any atom is 0.260 e. The maximum atomic E-state index is 13.1. The van der Waals surface area contributed by atoms with E-state index in [2.05, 4.69) is 39.6 Å². The maximum absolute atomic E-state index is 13.1. The highest BCUT2D eigenvalue weighted by atomic mass is 16.1. The van der Waals surface area contributed by atoms with Crippen molar-refractivity contribution in [1.29, 1.82) is 0 Å². The van der Waals surface area contributed by atoms with Gasteiger partial charge in [-0.15, -0.1) is 0 Å². The van der Waals surface area contributed by atoms with Crippen molar-refractivity contribution in [2.75, 3.05) is 0 Å². The highest BCUT2D eigenvalue weighted by Gasteiger charge is 2.20. The summed E-state index contributed by atoms with van der Waals surface area (Å²) in [5.74, 6) is 0. The van der Waals surface area contributed by atoms with Crippen LogP contribution in [0.1, 0.15) is 33.4 Å². The van der Waals surface area contributed by atoms with Crippen LogP contribution in [0.2, 0.25) is 0 Å². The second-order valence-corrected chi connectivity index (χ2v) is 6.74. The Hall–Kier alpha value is -2.42. The molecule has 0 atom stereocenters. The molecule has 0 aliphatic carbocycles. The fraction of sp³-hybridized carbons (Fsp3) is 0.333. The van der Waals surface area contributed by atoms with Crippen LogP contribution in [0.4, 0.5) is 0 Å². The van der Waals surface area contributed by atoms with Crippen molar-refractivity contribution in [2.24, 2.45) is 7.05 Å². The summed E-state index contributed by atoms with van der Waals surface area (Å²) < 4.78 is 1.67. The van der Waals surface area contributed by atoms with Gasteiger partial charge in [-0.2, -0.15) is 0 Å². The van der Waals surface area contributed by atoms with E-state index in [1.165, 1.54) is 27.8 Å². The zero-order chi connectivity index (χ0) is 17.8. The number of aromatic nitrogens is 2. The largest absolute Gasteiger partial charge is 0.295 e. The Labute approximate surface area is 143 Å². The number of benzene rings is 1. The van der Waals surface area contributed by atoms with Crippen LogP contribution in [0, 0.1) is 41.5 Å². The van der Waals surface area contributed by atoms with Gasteiger partial charge in [0.25, 0.3) is 5.56 Å². The van der Waals surface area contributed by atoms with Crippen LogP contribution in [-0.2, 0) is 7.05 Å². The Balaban J connectivity index is 2.56. The Kier molecular flexibility index (Phi) is 3.83. The summed E-state index contributed by atoms with van der Waals surface area (Å²) in [5, 5.41) is 1.03. The zero-order valence-corrected chi connectivity index (χ0v) is 15.5. The van der Waals surface area contributed by atoms with Gasteiger partial charge in [-0.25, -0.2) is 4.98 Å². The first kappa shape index (κ1) is 16.4. The molecule has 0 fully saturated rings. The summed E-state index contributed by atoms with van der Waals surface area (Å²) in [4.78, 5) is 17.5. The summed E-state index contributed by atoms with van der Waals surface area (Å²) in [5.41, 5.74) is 9.88. The molecule has 0 N–H and O–H groups in total. The topological polar surface area (TPSA) is 34.9 Å². The van der Waals surface area contributed by atoms with Crippen molar-refractivity contribution >= 4 is 11.0 Å². The summed E-state index contributed by atoms with van der Waals surface area (Å²) in [6.07, 6.45) is 1.73. The monoisotopic (exact) mass is 320 g/mol. The van der Waals surface area contributed by atoms with Crippen LogP contribution in [-0.4, -0.2) is 9.55 Å². The van der Waals surface area contributed by atoms with E-state index < -0.39 is 0 Å². The van der Waals surface area contributed by atoms with Crippen molar-refractivity contribution in [3.05, 3.63) is 62.1 Å². The summed E-state index contributed by atoms with van der Waals surface area (Å²) in [6.45, 7) is 12.7. The molecule has 0 amide bonds. The first-order chi connectivity index (χ1) is 11.3. The fourth-order valence-electron chi connectivity index (χ4n) is 3.69. The molecule has 24 heavy (non-hydrogen) atoms. The minimum absolute atomic E-state index is 0.0209. The van der Waals surface area contributed by atoms with Crippen molar-refractivity contribution in [3.63, 3.8) is 0 Å². The van der Waals surface area contributed by atoms with Crippen molar-refractivity contribution in [1.82, 2.24) is 9.55 Å². The fourth-order valence-corrected chi connectivity index (χ4v) is 3.69. The second kappa shape index (κ2) is 5.59. The van der Waals surface area contributed by atoms with Gasteiger partial charge >= 0.3 is 0 Å². The van der Waals surface area contributed by atoms with E-state index >= 15 is 0 Å². The summed E-state index contributed by atoms with van der Waals surface area (Å²) >= 11 is 0. The predicted molar refractivity (Wildman–Crippen MR) is 101 cm³/mol. The molecule has 0 aliphatic heterocycles. The quantitative estimate of drug-likeness (QED) is 0.664. The normalized spacial score (nSPS) is 11.3. The van der Waals surface area contributed by atoms with Crippen LogP contribution in [0.25, 0.3) is 22.2 Å². The van der Waals surface area contributed by atoms with Gasteiger partial charge in [0.15, 0.2) is 0 Å². The van der Waals surface area contributed by atoms with E-state index in [1.807, 2.05) is 19.1 Å². The zero-order valence-electron chi connectivity index (χ0n) is 15.5. The van der Waals surface area contributed by atoms with Gasteiger partial charge in [-0.05, 0) is 92.6 Å². The molecular formula is C21H24N2O. The van der Waals surface area contributed by atoms with Gasteiger partial charge in [0.1, 0.15) is 5.65 Å². The van der Waals surface area contributed by atoms with E-state index in [-0.39, 0.29) is 5.56 Å². The smallest absolute Gasteiger partial charge is 0.260 e. The average Bonchev–Trinajstić information content (AvgIpc) is 2.59. The third-order valence-electron chi connectivity index (χ3n) is 5.65. The minimum Gasteiger partial charge on any atom is -0.295 e. The highest BCUT2D eigenvalue weighted by molar-refractivity contribution is 5.88. The third-order valence-corrected chi connectivity index (χ3v) is 5.65. The van der Waals surface area contributed by atoms with E-state index in [9.17, 15) is 4.79 Å². The molecule has 3 nitrogen and oxygen atoms in total. The molecule has 2 heterocycles. The van der Waals surface area contributed by atoms with Gasteiger partial charge in [-0.3, -0.25) is 9.36 Å². The molecule has 3 aromatic rings. The molecule has 0 bridgehead atoms. The number of fused-ring (bicyclic) bond motifs is 1. The van der Waals surface area contributed by atoms with Crippen LogP contribution in [0.5, 0.6) is 0 Å². The predicted octanol–water partition coefficient (Wildman–Crippen LogP) is 4.45. The minimum atomic E-state index is 0.0209.